The van der Waals surface area contributed by atoms with E-state index < -0.39 is 5.91 Å². The maximum atomic E-state index is 11.5. The quantitative estimate of drug-likeness (QED) is 0.941. The van der Waals surface area contributed by atoms with E-state index in [-0.39, 0.29) is 0 Å². The first-order valence-corrected chi connectivity index (χ1v) is 6.61. The van der Waals surface area contributed by atoms with E-state index in [0.717, 1.165) is 21.3 Å². The minimum absolute atomic E-state index is 0.419. The van der Waals surface area contributed by atoms with Gasteiger partial charge in [0.05, 0.1) is 7.11 Å². The highest BCUT2D eigenvalue weighted by Crippen LogP contribution is 2.24. The Hall–Kier alpha value is -1.81. The van der Waals surface area contributed by atoms with E-state index in [1.807, 2.05) is 36.4 Å². The molecule has 0 saturated heterocycles. The number of primary amides is 1. The van der Waals surface area contributed by atoms with Gasteiger partial charge in [0.1, 0.15) is 5.75 Å². The lowest BCUT2D eigenvalue weighted by molar-refractivity contribution is 0.0999. The van der Waals surface area contributed by atoms with Crippen molar-refractivity contribution in [3.63, 3.8) is 0 Å². The molecule has 4 heteroatoms. The van der Waals surface area contributed by atoms with Crippen molar-refractivity contribution in [1.82, 2.24) is 0 Å². The van der Waals surface area contributed by atoms with Crippen LogP contribution in [0, 0.1) is 0 Å². The Morgan fingerprint density at radius 2 is 1.95 bits per heavy atom. The Morgan fingerprint density at radius 3 is 2.63 bits per heavy atom. The zero-order valence-corrected chi connectivity index (χ0v) is 12.1. The fraction of sp³-hybridized carbons (Fsp3) is 0.133. The molecule has 0 saturated carbocycles. The Bertz CT molecular complexity index is 611. The van der Waals surface area contributed by atoms with E-state index in [9.17, 15) is 4.79 Å². The molecule has 0 aliphatic carbocycles. The van der Waals surface area contributed by atoms with Crippen LogP contribution in [-0.2, 0) is 6.42 Å². The SMILES string of the molecule is COc1ccccc1Cc1cc(Br)ccc1C(N)=O. The van der Waals surface area contributed by atoms with Crippen LogP contribution < -0.4 is 10.5 Å². The summed E-state index contributed by atoms with van der Waals surface area (Å²) in [5.74, 6) is 0.385. The number of amides is 1. The van der Waals surface area contributed by atoms with Gasteiger partial charge in [-0.3, -0.25) is 4.79 Å². The second-order valence-electron chi connectivity index (χ2n) is 4.15. The molecule has 0 unspecified atom stereocenters. The second-order valence-corrected chi connectivity index (χ2v) is 5.07. The van der Waals surface area contributed by atoms with E-state index in [2.05, 4.69) is 15.9 Å². The van der Waals surface area contributed by atoms with Crippen molar-refractivity contribution < 1.29 is 9.53 Å². The van der Waals surface area contributed by atoms with Gasteiger partial charge in [-0.15, -0.1) is 0 Å². The lowest BCUT2D eigenvalue weighted by atomic mass is 9.99. The highest BCUT2D eigenvalue weighted by Gasteiger charge is 2.11. The van der Waals surface area contributed by atoms with Gasteiger partial charge in [-0.2, -0.15) is 0 Å². The molecule has 0 radical (unpaired) electrons. The van der Waals surface area contributed by atoms with Gasteiger partial charge < -0.3 is 10.5 Å². The lowest BCUT2D eigenvalue weighted by Gasteiger charge is -2.11. The number of ether oxygens (including phenoxy) is 1. The molecular weight excluding hydrogens is 306 g/mol. The first kappa shape index (κ1) is 13.6. The van der Waals surface area contributed by atoms with Crippen LogP contribution in [0.2, 0.25) is 0 Å². The summed E-state index contributed by atoms with van der Waals surface area (Å²) < 4.78 is 6.24. The number of halogens is 1. The normalized spacial score (nSPS) is 10.2. The predicted octanol–water partition coefficient (Wildman–Crippen LogP) is 3.15. The number of carbonyl (C=O) groups excluding carboxylic acids is 1. The zero-order chi connectivity index (χ0) is 13.8. The maximum absolute atomic E-state index is 11.5. The predicted molar refractivity (Wildman–Crippen MR) is 78.5 cm³/mol. The number of hydrogen-bond acceptors (Lipinski definition) is 2. The fourth-order valence-corrected chi connectivity index (χ4v) is 2.41. The van der Waals surface area contributed by atoms with Crippen LogP contribution in [0.15, 0.2) is 46.9 Å². The molecule has 1 amide bonds. The highest BCUT2D eigenvalue weighted by molar-refractivity contribution is 9.10. The minimum Gasteiger partial charge on any atom is -0.496 e. The van der Waals surface area contributed by atoms with E-state index in [1.165, 1.54) is 0 Å². The van der Waals surface area contributed by atoms with E-state index in [1.54, 1.807) is 13.2 Å². The Morgan fingerprint density at radius 1 is 1.21 bits per heavy atom. The van der Waals surface area contributed by atoms with Crippen molar-refractivity contribution in [2.45, 2.75) is 6.42 Å². The topological polar surface area (TPSA) is 52.3 Å². The number of methoxy groups -OCH3 is 1. The molecule has 2 aromatic carbocycles. The molecule has 0 aliphatic rings. The van der Waals surface area contributed by atoms with E-state index >= 15 is 0 Å². The molecule has 0 spiro atoms. The van der Waals surface area contributed by atoms with Crippen LogP contribution in [0.3, 0.4) is 0 Å². The number of para-hydroxylation sites is 1. The van der Waals surface area contributed by atoms with Crippen molar-refractivity contribution in [3.8, 4) is 5.75 Å². The molecule has 0 bridgehead atoms. The summed E-state index contributed by atoms with van der Waals surface area (Å²) in [6, 6.07) is 13.2. The Balaban J connectivity index is 2.42. The third kappa shape index (κ3) is 3.15. The van der Waals surface area contributed by atoms with Crippen LogP contribution in [0.4, 0.5) is 0 Å². The average molecular weight is 320 g/mol. The summed E-state index contributed by atoms with van der Waals surface area (Å²) in [5, 5.41) is 0. The number of nitrogens with two attached hydrogens (primary N) is 1. The number of rotatable bonds is 4. The Kier molecular flexibility index (Phi) is 4.22. The molecule has 0 aromatic heterocycles. The summed E-state index contributed by atoms with van der Waals surface area (Å²) in [5.41, 5.74) is 7.84. The third-order valence-corrected chi connectivity index (χ3v) is 3.40. The molecule has 98 valence electrons. The molecule has 0 fully saturated rings. The van der Waals surface area contributed by atoms with Crippen molar-refractivity contribution >= 4 is 21.8 Å². The smallest absolute Gasteiger partial charge is 0.248 e. The van der Waals surface area contributed by atoms with Gasteiger partial charge >= 0.3 is 0 Å². The minimum atomic E-state index is -0.419. The molecule has 2 aromatic rings. The maximum Gasteiger partial charge on any atom is 0.248 e. The van der Waals surface area contributed by atoms with E-state index in [4.69, 9.17) is 10.5 Å². The van der Waals surface area contributed by atoms with Crippen LogP contribution >= 0.6 is 15.9 Å². The van der Waals surface area contributed by atoms with Gasteiger partial charge in [0.25, 0.3) is 0 Å². The summed E-state index contributed by atoms with van der Waals surface area (Å²) in [4.78, 5) is 11.5. The third-order valence-electron chi connectivity index (χ3n) is 2.91. The van der Waals surface area contributed by atoms with Gasteiger partial charge in [0.15, 0.2) is 0 Å². The van der Waals surface area contributed by atoms with Crippen molar-refractivity contribution in [2.24, 2.45) is 5.73 Å². The monoisotopic (exact) mass is 319 g/mol. The fourth-order valence-electron chi connectivity index (χ4n) is 2.00. The summed E-state index contributed by atoms with van der Waals surface area (Å²) in [7, 11) is 1.63. The summed E-state index contributed by atoms with van der Waals surface area (Å²) >= 11 is 3.41. The Labute approximate surface area is 120 Å². The molecule has 0 atom stereocenters. The highest BCUT2D eigenvalue weighted by atomic mass is 79.9. The van der Waals surface area contributed by atoms with Crippen LogP contribution in [0.25, 0.3) is 0 Å². The first-order valence-electron chi connectivity index (χ1n) is 5.82. The average Bonchev–Trinajstić information content (AvgIpc) is 2.39. The number of hydrogen-bond donors (Lipinski definition) is 1. The molecule has 0 heterocycles. The van der Waals surface area contributed by atoms with Gasteiger partial charge in [-0.25, -0.2) is 0 Å². The number of carbonyl (C=O) groups is 1. The standard InChI is InChI=1S/C15H14BrNO2/c1-19-14-5-3-2-4-10(14)8-11-9-12(16)6-7-13(11)15(17)18/h2-7,9H,8H2,1H3,(H2,17,18). The number of benzene rings is 2. The molecule has 19 heavy (non-hydrogen) atoms. The van der Waals surface area contributed by atoms with Gasteiger partial charge in [0.2, 0.25) is 5.91 Å². The first-order chi connectivity index (χ1) is 9.11. The lowest BCUT2D eigenvalue weighted by Crippen LogP contribution is -2.14. The summed E-state index contributed by atoms with van der Waals surface area (Å²) in [6.07, 6.45) is 0.599. The second kappa shape index (κ2) is 5.89. The zero-order valence-electron chi connectivity index (χ0n) is 10.5. The van der Waals surface area contributed by atoms with Gasteiger partial charge in [-0.05, 0) is 35.4 Å². The largest absolute Gasteiger partial charge is 0.496 e. The van der Waals surface area contributed by atoms with Crippen LogP contribution in [0.5, 0.6) is 5.75 Å². The molecule has 3 nitrogen and oxygen atoms in total. The molecule has 2 rings (SSSR count). The van der Waals surface area contributed by atoms with Crippen molar-refractivity contribution in [3.05, 3.63) is 63.6 Å². The molecule has 2 N–H and O–H groups in total. The van der Waals surface area contributed by atoms with Gasteiger partial charge in [0, 0.05) is 16.5 Å². The van der Waals surface area contributed by atoms with Crippen LogP contribution in [0.1, 0.15) is 21.5 Å². The van der Waals surface area contributed by atoms with Crippen molar-refractivity contribution in [1.29, 1.82) is 0 Å². The summed E-state index contributed by atoms with van der Waals surface area (Å²) in [6.45, 7) is 0. The van der Waals surface area contributed by atoms with Crippen molar-refractivity contribution in [2.75, 3.05) is 7.11 Å². The molecular formula is C15H14BrNO2. The van der Waals surface area contributed by atoms with Gasteiger partial charge in [-0.1, -0.05) is 34.1 Å². The van der Waals surface area contributed by atoms with E-state index in [0.29, 0.717) is 12.0 Å². The van der Waals surface area contributed by atoms with Crippen LogP contribution in [-0.4, -0.2) is 13.0 Å². The molecule has 0 aliphatic heterocycles.